The highest BCUT2D eigenvalue weighted by molar-refractivity contribution is 7.73. The second-order valence-corrected chi connectivity index (χ2v) is 6.32. The van der Waals surface area contributed by atoms with Crippen LogP contribution in [-0.4, -0.2) is 18.0 Å². The molecule has 0 atom stereocenters. The number of hydrogen-bond acceptors (Lipinski definition) is 4. The van der Waals surface area contributed by atoms with E-state index in [1.807, 2.05) is 6.92 Å². The lowest BCUT2D eigenvalue weighted by molar-refractivity contribution is -0.115. The first-order valence-electron chi connectivity index (χ1n) is 5.81. The van der Waals surface area contributed by atoms with Gasteiger partial charge in [-0.2, -0.15) is 0 Å². The maximum absolute atomic E-state index is 12.0. The van der Waals surface area contributed by atoms with Crippen LogP contribution in [-0.2, 0) is 11.2 Å². The summed E-state index contributed by atoms with van der Waals surface area (Å²) >= 11 is 12.5. The predicted octanol–water partition coefficient (Wildman–Crippen LogP) is 3.96. The standard InChI is InChI=1S/C13H13ClN2O2S2/c1-7-11(20-13(19)15-7)6-12(17)16-8-3-4-10(18-2)9(14)5-8/h3-5H,6H2,1-2H3,(H,15,19)(H,16,17). The first kappa shape index (κ1) is 15.0. The van der Waals surface area contributed by atoms with Crippen LogP contribution in [0.1, 0.15) is 10.6 Å². The van der Waals surface area contributed by atoms with E-state index in [4.69, 9.17) is 28.6 Å². The van der Waals surface area contributed by atoms with Crippen LogP contribution in [0.15, 0.2) is 18.2 Å². The number of nitrogens with one attached hydrogen (secondary N) is 2. The molecule has 1 amide bonds. The summed E-state index contributed by atoms with van der Waals surface area (Å²) in [6.45, 7) is 1.90. The van der Waals surface area contributed by atoms with Crippen LogP contribution >= 0.6 is 35.2 Å². The fraction of sp³-hybridized carbons (Fsp3) is 0.231. The second kappa shape index (κ2) is 6.39. The molecular formula is C13H13ClN2O2S2. The Labute approximate surface area is 130 Å². The third-order valence-corrected chi connectivity index (χ3v) is 4.31. The Balaban J connectivity index is 2.06. The van der Waals surface area contributed by atoms with Crippen molar-refractivity contribution in [1.29, 1.82) is 0 Å². The molecule has 0 saturated carbocycles. The van der Waals surface area contributed by atoms with E-state index in [0.29, 0.717) is 20.4 Å². The number of hydrogen-bond donors (Lipinski definition) is 2. The summed E-state index contributed by atoms with van der Waals surface area (Å²) in [5.74, 6) is 0.462. The Morgan fingerprint density at radius 2 is 2.30 bits per heavy atom. The van der Waals surface area contributed by atoms with Gasteiger partial charge in [0.05, 0.1) is 18.6 Å². The lowest BCUT2D eigenvalue weighted by atomic mass is 10.2. The first-order chi connectivity index (χ1) is 9.49. The van der Waals surface area contributed by atoms with E-state index in [9.17, 15) is 4.79 Å². The van der Waals surface area contributed by atoms with Crippen molar-refractivity contribution in [2.24, 2.45) is 0 Å². The predicted molar refractivity (Wildman–Crippen MR) is 84.6 cm³/mol. The molecule has 0 fully saturated rings. The lowest BCUT2D eigenvalue weighted by Crippen LogP contribution is -2.14. The summed E-state index contributed by atoms with van der Waals surface area (Å²) < 4.78 is 5.74. The number of carbonyl (C=O) groups excluding carboxylic acids is 1. The molecule has 106 valence electrons. The summed E-state index contributed by atoms with van der Waals surface area (Å²) in [6.07, 6.45) is 0.285. The molecule has 0 aliphatic carbocycles. The zero-order chi connectivity index (χ0) is 14.7. The quantitative estimate of drug-likeness (QED) is 0.835. The minimum Gasteiger partial charge on any atom is -0.495 e. The van der Waals surface area contributed by atoms with Crippen LogP contribution in [0.4, 0.5) is 5.69 Å². The molecule has 1 heterocycles. The molecule has 0 bridgehead atoms. The molecule has 4 nitrogen and oxygen atoms in total. The third-order valence-electron chi connectivity index (χ3n) is 2.68. The van der Waals surface area contributed by atoms with Gasteiger partial charge in [0.1, 0.15) is 5.75 Å². The van der Waals surface area contributed by atoms with Crippen molar-refractivity contribution in [1.82, 2.24) is 4.98 Å². The van der Waals surface area contributed by atoms with Gasteiger partial charge in [0.2, 0.25) is 5.91 Å². The number of benzene rings is 1. The lowest BCUT2D eigenvalue weighted by Gasteiger charge is -2.07. The maximum atomic E-state index is 12.0. The van der Waals surface area contributed by atoms with E-state index < -0.39 is 0 Å². The van der Waals surface area contributed by atoms with Gasteiger partial charge in [0, 0.05) is 16.3 Å². The van der Waals surface area contributed by atoms with Crippen molar-refractivity contribution in [3.63, 3.8) is 0 Å². The van der Waals surface area contributed by atoms with Crippen molar-refractivity contribution >= 4 is 46.8 Å². The van der Waals surface area contributed by atoms with Crippen molar-refractivity contribution < 1.29 is 9.53 Å². The molecule has 2 rings (SSSR count). The van der Waals surface area contributed by atoms with E-state index in [2.05, 4.69) is 10.3 Å². The van der Waals surface area contributed by atoms with Gasteiger partial charge in [-0.3, -0.25) is 4.79 Å². The molecule has 0 radical (unpaired) electrons. The number of amides is 1. The zero-order valence-electron chi connectivity index (χ0n) is 11.0. The topological polar surface area (TPSA) is 54.1 Å². The number of aryl methyl sites for hydroxylation is 1. The van der Waals surface area contributed by atoms with E-state index in [1.54, 1.807) is 25.3 Å². The fourth-order valence-electron chi connectivity index (χ4n) is 1.70. The summed E-state index contributed by atoms with van der Waals surface area (Å²) in [7, 11) is 1.54. The van der Waals surface area contributed by atoms with Crippen LogP contribution in [0.5, 0.6) is 5.75 Å². The number of thiazole rings is 1. The monoisotopic (exact) mass is 328 g/mol. The van der Waals surface area contributed by atoms with Gasteiger partial charge in [-0.05, 0) is 37.3 Å². The minimum absolute atomic E-state index is 0.111. The molecule has 2 N–H and O–H groups in total. The summed E-state index contributed by atoms with van der Waals surface area (Å²) in [4.78, 5) is 15.9. The van der Waals surface area contributed by atoms with E-state index in [-0.39, 0.29) is 12.3 Å². The summed E-state index contributed by atoms with van der Waals surface area (Å²) in [5.41, 5.74) is 1.57. The van der Waals surface area contributed by atoms with Crippen LogP contribution < -0.4 is 10.1 Å². The molecule has 0 aliphatic rings. The number of H-pyrrole nitrogens is 1. The van der Waals surface area contributed by atoms with E-state index in [0.717, 1.165) is 10.6 Å². The highest BCUT2D eigenvalue weighted by Gasteiger charge is 2.10. The van der Waals surface area contributed by atoms with Gasteiger partial charge in [-0.15, -0.1) is 11.3 Å². The third kappa shape index (κ3) is 3.59. The summed E-state index contributed by atoms with van der Waals surface area (Å²) in [5, 5.41) is 3.26. The van der Waals surface area contributed by atoms with Crippen LogP contribution in [0.2, 0.25) is 5.02 Å². The Hall–Kier alpha value is -1.37. The van der Waals surface area contributed by atoms with Gasteiger partial charge in [-0.1, -0.05) is 11.6 Å². The van der Waals surface area contributed by atoms with Gasteiger partial charge in [0.15, 0.2) is 3.95 Å². The maximum Gasteiger partial charge on any atom is 0.229 e. The molecular weight excluding hydrogens is 316 g/mol. The number of aromatic nitrogens is 1. The number of anilines is 1. The highest BCUT2D eigenvalue weighted by atomic mass is 35.5. The van der Waals surface area contributed by atoms with Crippen LogP contribution in [0, 0.1) is 10.9 Å². The Bertz CT molecular complexity index is 694. The summed E-state index contributed by atoms with van der Waals surface area (Å²) in [6, 6.07) is 5.11. The minimum atomic E-state index is -0.111. The van der Waals surface area contributed by atoms with Gasteiger partial charge < -0.3 is 15.0 Å². The van der Waals surface area contributed by atoms with Crippen molar-refractivity contribution in [2.75, 3.05) is 12.4 Å². The Kier molecular flexibility index (Phi) is 4.80. The number of carbonyl (C=O) groups is 1. The number of ether oxygens (including phenoxy) is 1. The molecule has 1 aromatic carbocycles. The molecule has 20 heavy (non-hydrogen) atoms. The molecule has 0 aliphatic heterocycles. The van der Waals surface area contributed by atoms with Crippen LogP contribution in [0.25, 0.3) is 0 Å². The van der Waals surface area contributed by atoms with Crippen molar-refractivity contribution in [3.8, 4) is 5.75 Å². The van der Waals surface area contributed by atoms with Gasteiger partial charge >= 0.3 is 0 Å². The number of aromatic amines is 1. The molecule has 0 saturated heterocycles. The molecule has 2 aromatic rings. The number of methoxy groups -OCH3 is 1. The molecule has 0 unspecified atom stereocenters. The number of rotatable bonds is 4. The largest absolute Gasteiger partial charge is 0.495 e. The smallest absolute Gasteiger partial charge is 0.229 e. The molecule has 0 spiro atoms. The Morgan fingerprint density at radius 3 is 2.85 bits per heavy atom. The highest BCUT2D eigenvalue weighted by Crippen LogP contribution is 2.27. The second-order valence-electron chi connectivity index (χ2n) is 4.14. The SMILES string of the molecule is COc1ccc(NC(=O)Cc2sc(=S)[nH]c2C)cc1Cl. The van der Waals surface area contributed by atoms with E-state index in [1.165, 1.54) is 11.3 Å². The molecule has 1 aromatic heterocycles. The number of halogens is 1. The fourth-order valence-corrected chi connectivity index (χ4v) is 3.25. The van der Waals surface area contributed by atoms with Gasteiger partial charge in [0.25, 0.3) is 0 Å². The van der Waals surface area contributed by atoms with E-state index >= 15 is 0 Å². The van der Waals surface area contributed by atoms with Crippen LogP contribution in [0.3, 0.4) is 0 Å². The first-order valence-corrected chi connectivity index (χ1v) is 7.42. The Morgan fingerprint density at radius 1 is 1.55 bits per heavy atom. The average Bonchev–Trinajstić information content (AvgIpc) is 2.68. The normalized spacial score (nSPS) is 10.3. The van der Waals surface area contributed by atoms with Gasteiger partial charge in [-0.25, -0.2) is 0 Å². The van der Waals surface area contributed by atoms with Crippen molar-refractivity contribution in [3.05, 3.63) is 37.7 Å². The zero-order valence-corrected chi connectivity index (χ0v) is 13.3. The molecule has 7 heteroatoms. The average molecular weight is 329 g/mol. The van der Waals surface area contributed by atoms with Crippen molar-refractivity contribution in [2.45, 2.75) is 13.3 Å².